The zero-order chi connectivity index (χ0) is 14.8. The maximum atomic E-state index is 5.72. The van der Waals surface area contributed by atoms with Gasteiger partial charge in [-0.3, -0.25) is 4.90 Å². The van der Waals surface area contributed by atoms with Gasteiger partial charge >= 0.3 is 0 Å². The van der Waals surface area contributed by atoms with Crippen molar-refractivity contribution in [3.8, 4) is 0 Å². The average molecular weight is 301 g/mol. The van der Waals surface area contributed by atoms with E-state index in [0.29, 0.717) is 31.4 Å². The summed E-state index contributed by atoms with van der Waals surface area (Å²) >= 11 is 0. The van der Waals surface area contributed by atoms with E-state index in [-0.39, 0.29) is 0 Å². The Labute approximate surface area is 126 Å². The van der Waals surface area contributed by atoms with Crippen LogP contribution in [0.4, 0.5) is 0 Å². The summed E-state index contributed by atoms with van der Waals surface area (Å²) in [7, 11) is 0. The number of rotatable bonds is 7. The van der Waals surface area contributed by atoms with Crippen molar-refractivity contribution in [3.63, 3.8) is 0 Å². The minimum Gasteiger partial charge on any atom is -0.451 e. The van der Waals surface area contributed by atoms with Gasteiger partial charge in [0.15, 0.2) is 12.8 Å². The number of hydrogen-bond acceptors (Lipinski definition) is 8. The molecule has 1 aliphatic carbocycles. The topological polar surface area (TPSA) is 94.2 Å². The van der Waals surface area contributed by atoms with Gasteiger partial charge in [0.05, 0.1) is 17.9 Å². The third kappa shape index (κ3) is 3.06. The Balaban J connectivity index is 1.47. The van der Waals surface area contributed by atoms with Gasteiger partial charge in [0.25, 0.3) is 0 Å². The lowest BCUT2D eigenvalue weighted by Crippen LogP contribution is -2.23. The van der Waals surface area contributed by atoms with Crippen LogP contribution in [0.1, 0.15) is 41.9 Å². The third-order valence-corrected chi connectivity index (χ3v) is 3.51. The second-order valence-corrected chi connectivity index (χ2v) is 5.41. The van der Waals surface area contributed by atoms with E-state index >= 15 is 0 Å². The number of hydrogen-bond donors (Lipinski definition) is 0. The highest BCUT2D eigenvalue weighted by Gasteiger charge is 2.29. The van der Waals surface area contributed by atoms with E-state index in [1.54, 1.807) is 12.5 Å². The van der Waals surface area contributed by atoms with E-state index in [1.165, 1.54) is 12.8 Å². The first-order valence-electron chi connectivity index (χ1n) is 7.15. The van der Waals surface area contributed by atoms with E-state index in [1.807, 2.05) is 0 Å². The Kier molecular flexibility index (Phi) is 3.43. The molecule has 4 rings (SSSR count). The molecule has 3 aromatic rings. The number of nitrogens with zero attached hydrogens (tertiary/aromatic N) is 5. The van der Waals surface area contributed by atoms with Gasteiger partial charge in [0.2, 0.25) is 11.8 Å². The van der Waals surface area contributed by atoms with Crippen molar-refractivity contribution in [1.29, 1.82) is 0 Å². The summed E-state index contributed by atoms with van der Waals surface area (Å²) in [5.41, 5.74) is 1.68. The van der Waals surface area contributed by atoms with Gasteiger partial charge < -0.3 is 13.3 Å². The molecule has 0 aromatic carbocycles. The highest BCUT2D eigenvalue weighted by molar-refractivity contribution is 5.01. The highest BCUT2D eigenvalue weighted by atomic mass is 16.4. The normalized spacial score (nSPS) is 14.8. The molecule has 22 heavy (non-hydrogen) atoms. The molecule has 1 aliphatic rings. The lowest BCUT2D eigenvalue weighted by atomic mass is 10.3. The quantitative estimate of drug-likeness (QED) is 0.655. The zero-order valence-electron chi connectivity index (χ0n) is 11.9. The van der Waals surface area contributed by atoms with E-state index < -0.39 is 0 Å². The largest absolute Gasteiger partial charge is 0.451 e. The molecule has 3 aromatic heterocycles. The van der Waals surface area contributed by atoms with Crippen molar-refractivity contribution in [1.82, 2.24) is 25.1 Å². The average Bonchev–Trinajstić information content (AvgIpc) is 2.96. The van der Waals surface area contributed by atoms with Crippen molar-refractivity contribution in [3.05, 3.63) is 48.5 Å². The third-order valence-electron chi connectivity index (χ3n) is 3.51. The molecule has 0 N–H and O–H groups in total. The fourth-order valence-corrected chi connectivity index (χ4v) is 2.27. The second kappa shape index (κ2) is 5.72. The minimum absolute atomic E-state index is 0.459. The van der Waals surface area contributed by atoms with Crippen LogP contribution in [0.5, 0.6) is 0 Å². The SMILES string of the molecule is c1nc(CN(Cc2cocn2)Cc2nnc(C3CC3)o2)co1. The molecule has 0 radical (unpaired) electrons. The van der Waals surface area contributed by atoms with Crippen molar-refractivity contribution < 1.29 is 13.3 Å². The molecular weight excluding hydrogens is 286 g/mol. The molecule has 3 heterocycles. The van der Waals surface area contributed by atoms with Crippen LogP contribution in [-0.2, 0) is 19.6 Å². The highest BCUT2D eigenvalue weighted by Crippen LogP contribution is 2.39. The van der Waals surface area contributed by atoms with E-state index in [0.717, 1.165) is 30.1 Å². The molecule has 0 amide bonds. The van der Waals surface area contributed by atoms with Gasteiger partial charge in [-0.05, 0) is 12.8 Å². The van der Waals surface area contributed by atoms with Gasteiger partial charge in [-0.15, -0.1) is 10.2 Å². The molecule has 8 heteroatoms. The van der Waals surface area contributed by atoms with Crippen molar-refractivity contribution in [2.24, 2.45) is 0 Å². The standard InChI is InChI=1S/C14H15N5O3/c1-2-10(1)14-18-17-13(22-14)5-19(3-11-6-20-8-15-11)4-12-7-21-9-16-12/h6-10H,1-5H2. The Bertz CT molecular complexity index is 667. The molecule has 0 unspecified atom stereocenters. The summed E-state index contributed by atoms with van der Waals surface area (Å²) in [4.78, 5) is 10.4. The molecule has 0 saturated heterocycles. The molecule has 8 nitrogen and oxygen atoms in total. The lowest BCUT2D eigenvalue weighted by molar-refractivity contribution is 0.215. The summed E-state index contributed by atoms with van der Waals surface area (Å²) in [6, 6.07) is 0. The predicted octanol–water partition coefficient (Wildman–Crippen LogP) is 2.13. The Morgan fingerprint density at radius 3 is 2.18 bits per heavy atom. The zero-order valence-corrected chi connectivity index (χ0v) is 11.9. The van der Waals surface area contributed by atoms with Crippen LogP contribution in [0.2, 0.25) is 0 Å². The van der Waals surface area contributed by atoms with Gasteiger partial charge in [-0.1, -0.05) is 0 Å². The van der Waals surface area contributed by atoms with Crippen LogP contribution in [0.25, 0.3) is 0 Å². The van der Waals surface area contributed by atoms with E-state index in [4.69, 9.17) is 13.3 Å². The Morgan fingerprint density at radius 1 is 0.955 bits per heavy atom. The first-order chi connectivity index (χ1) is 10.9. The monoisotopic (exact) mass is 301 g/mol. The van der Waals surface area contributed by atoms with Crippen LogP contribution in [0, 0.1) is 0 Å². The first-order valence-corrected chi connectivity index (χ1v) is 7.15. The molecule has 0 spiro atoms. The molecule has 1 saturated carbocycles. The molecule has 1 fully saturated rings. The maximum absolute atomic E-state index is 5.72. The minimum atomic E-state index is 0.459. The Hall–Kier alpha value is -2.48. The fourth-order valence-electron chi connectivity index (χ4n) is 2.27. The summed E-state index contributed by atoms with van der Waals surface area (Å²) < 4.78 is 15.8. The number of aromatic nitrogens is 4. The van der Waals surface area contributed by atoms with Crippen LogP contribution < -0.4 is 0 Å². The molecule has 0 atom stereocenters. The molecule has 0 bridgehead atoms. The summed E-state index contributed by atoms with van der Waals surface area (Å²) in [5, 5.41) is 8.24. The van der Waals surface area contributed by atoms with Gasteiger partial charge in [0.1, 0.15) is 12.5 Å². The fraction of sp³-hybridized carbons (Fsp3) is 0.429. The summed E-state index contributed by atoms with van der Waals surface area (Å²) in [5.74, 6) is 1.81. The first kappa shape index (κ1) is 13.2. The van der Waals surface area contributed by atoms with E-state index in [2.05, 4.69) is 25.1 Å². The molecule has 0 aliphatic heterocycles. The van der Waals surface area contributed by atoms with Gasteiger partial charge in [-0.2, -0.15) is 0 Å². The maximum Gasteiger partial charge on any atom is 0.230 e. The van der Waals surface area contributed by atoms with Crippen molar-refractivity contribution in [2.45, 2.75) is 38.4 Å². The van der Waals surface area contributed by atoms with Crippen molar-refractivity contribution in [2.75, 3.05) is 0 Å². The van der Waals surface area contributed by atoms with Crippen molar-refractivity contribution >= 4 is 0 Å². The predicted molar refractivity (Wildman–Crippen MR) is 72.2 cm³/mol. The van der Waals surface area contributed by atoms with Gasteiger partial charge in [0, 0.05) is 19.0 Å². The van der Waals surface area contributed by atoms with Crippen LogP contribution in [0.3, 0.4) is 0 Å². The molecular formula is C14H15N5O3. The van der Waals surface area contributed by atoms with E-state index in [9.17, 15) is 0 Å². The lowest BCUT2D eigenvalue weighted by Gasteiger charge is -2.17. The van der Waals surface area contributed by atoms with Crippen LogP contribution >= 0.6 is 0 Å². The van der Waals surface area contributed by atoms with Crippen LogP contribution in [0.15, 0.2) is 38.6 Å². The summed E-state index contributed by atoms with van der Waals surface area (Å²) in [6.07, 6.45) is 8.37. The smallest absolute Gasteiger partial charge is 0.230 e. The van der Waals surface area contributed by atoms with Gasteiger partial charge in [-0.25, -0.2) is 9.97 Å². The van der Waals surface area contributed by atoms with Crippen LogP contribution in [-0.4, -0.2) is 25.1 Å². The Morgan fingerprint density at radius 2 is 1.64 bits per heavy atom. The second-order valence-electron chi connectivity index (χ2n) is 5.41. The molecule has 114 valence electrons. The summed E-state index contributed by atoms with van der Waals surface area (Å²) in [6.45, 7) is 1.73. The number of oxazole rings is 2.